The Morgan fingerprint density at radius 3 is 3.12 bits per heavy atom. The maximum Gasteiger partial charge on any atom is 0.125 e. The molecule has 1 aromatic heterocycles. The number of aliphatic hydroxyl groups excluding tert-OH is 1. The van der Waals surface area contributed by atoms with E-state index in [1.165, 1.54) is 5.56 Å². The molecule has 0 amide bonds. The predicted octanol–water partition coefficient (Wildman–Crippen LogP) is 1.33. The van der Waals surface area contributed by atoms with E-state index in [0.29, 0.717) is 5.92 Å². The summed E-state index contributed by atoms with van der Waals surface area (Å²) < 4.78 is 0. The normalized spacial score (nSPS) is 25.8. The van der Waals surface area contributed by atoms with Crippen LogP contribution < -0.4 is 5.32 Å². The Labute approximate surface area is 103 Å². The van der Waals surface area contributed by atoms with Gasteiger partial charge in [0, 0.05) is 32.9 Å². The number of nitrogens with one attached hydrogen (secondary N) is 1. The van der Waals surface area contributed by atoms with Crippen LogP contribution in [0.5, 0.6) is 0 Å². The molecule has 2 atom stereocenters. The van der Waals surface area contributed by atoms with Gasteiger partial charge in [0.15, 0.2) is 0 Å². The van der Waals surface area contributed by atoms with E-state index in [-0.39, 0.29) is 6.10 Å². The number of aliphatic hydroxyl groups is 1. The third-order valence-corrected chi connectivity index (χ3v) is 3.43. The average Bonchev–Trinajstić information content (AvgIpc) is 2.34. The summed E-state index contributed by atoms with van der Waals surface area (Å²) in [7, 11) is 1.88. The Bertz CT molecular complexity index is 369. The lowest BCUT2D eigenvalue weighted by Gasteiger charge is -2.34. The van der Waals surface area contributed by atoms with Crippen molar-refractivity contribution in [3.63, 3.8) is 0 Å². The van der Waals surface area contributed by atoms with Crippen molar-refractivity contribution >= 4 is 5.82 Å². The fourth-order valence-electron chi connectivity index (χ4n) is 2.33. The molecule has 2 unspecified atom stereocenters. The van der Waals surface area contributed by atoms with Gasteiger partial charge >= 0.3 is 0 Å². The molecular formula is C13H21N3O. The second-order valence-electron chi connectivity index (χ2n) is 4.87. The molecular weight excluding hydrogens is 214 g/mol. The number of aromatic nitrogens is 1. The first-order valence-electron chi connectivity index (χ1n) is 6.22. The van der Waals surface area contributed by atoms with Crippen LogP contribution >= 0.6 is 0 Å². The third kappa shape index (κ3) is 3.17. The van der Waals surface area contributed by atoms with E-state index in [1.807, 2.05) is 13.2 Å². The predicted molar refractivity (Wildman–Crippen MR) is 68.8 cm³/mol. The number of likely N-dealkylation sites (tertiary alicyclic amines) is 1. The van der Waals surface area contributed by atoms with E-state index in [0.717, 1.165) is 31.9 Å². The van der Waals surface area contributed by atoms with E-state index in [4.69, 9.17) is 0 Å². The highest BCUT2D eigenvalue weighted by molar-refractivity contribution is 5.36. The van der Waals surface area contributed by atoms with Gasteiger partial charge in [0.05, 0.1) is 6.10 Å². The number of nitrogens with zero attached hydrogens (tertiary/aromatic N) is 2. The van der Waals surface area contributed by atoms with Gasteiger partial charge in [0.2, 0.25) is 0 Å². The Morgan fingerprint density at radius 2 is 2.41 bits per heavy atom. The molecule has 2 rings (SSSR count). The minimum atomic E-state index is -0.128. The Morgan fingerprint density at radius 1 is 1.59 bits per heavy atom. The van der Waals surface area contributed by atoms with Gasteiger partial charge in [-0.15, -0.1) is 0 Å². The molecule has 1 fully saturated rings. The summed E-state index contributed by atoms with van der Waals surface area (Å²) in [5.74, 6) is 1.28. The van der Waals surface area contributed by atoms with Crippen molar-refractivity contribution in [2.75, 3.05) is 25.5 Å². The Hall–Kier alpha value is -1.13. The fourth-order valence-corrected chi connectivity index (χ4v) is 2.33. The highest BCUT2D eigenvalue weighted by atomic mass is 16.3. The SMILES string of the molecule is CNc1cc(CN2CCC(O)C(C)C2)ccn1. The summed E-state index contributed by atoms with van der Waals surface area (Å²) in [6, 6.07) is 4.13. The van der Waals surface area contributed by atoms with Crippen LogP contribution in [0.25, 0.3) is 0 Å². The zero-order valence-electron chi connectivity index (χ0n) is 10.6. The van der Waals surface area contributed by atoms with Crippen LogP contribution in [0.15, 0.2) is 18.3 Å². The maximum atomic E-state index is 9.70. The molecule has 1 saturated heterocycles. The first-order chi connectivity index (χ1) is 8.19. The zero-order valence-corrected chi connectivity index (χ0v) is 10.6. The van der Waals surface area contributed by atoms with E-state index in [2.05, 4.69) is 34.3 Å². The fraction of sp³-hybridized carbons (Fsp3) is 0.615. The molecule has 0 spiro atoms. The molecule has 2 heterocycles. The van der Waals surface area contributed by atoms with Gasteiger partial charge in [-0.05, 0) is 30.0 Å². The molecule has 0 bridgehead atoms. The molecule has 2 N–H and O–H groups in total. The van der Waals surface area contributed by atoms with Crippen LogP contribution in [0.3, 0.4) is 0 Å². The monoisotopic (exact) mass is 235 g/mol. The van der Waals surface area contributed by atoms with E-state index >= 15 is 0 Å². The second kappa shape index (κ2) is 5.47. The number of piperidine rings is 1. The summed E-state index contributed by atoms with van der Waals surface area (Å²) in [6.07, 6.45) is 2.59. The largest absolute Gasteiger partial charge is 0.393 e. The van der Waals surface area contributed by atoms with Crippen LogP contribution in [0, 0.1) is 5.92 Å². The molecule has 0 saturated carbocycles. The molecule has 1 aliphatic rings. The molecule has 4 heteroatoms. The van der Waals surface area contributed by atoms with Crippen LogP contribution in [-0.4, -0.2) is 41.2 Å². The summed E-state index contributed by atoms with van der Waals surface area (Å²) in [6.45, 7) is 5.00. The molecule has 0 aliphatic carbocycles. The molecule has 1 aromatic rings. The highest BCUT2D eigenvalue weighted by Gasteiger charge is 2.23. The quantitative estimate of drug-likeness (QED) is 0.829. The highest BCUT2D eigenvalue weighted by Crippen LogP contribution is 2.19. The molecule has 0 radical (unpaired) electrons. The minimum Gasteiger partial charge on any atom is -0.393 e. The lowest BCUT2D eigenvalue weighted by molar-refractivity contribution is 0.0320. The van der Waals surface area contributed by atoms with Gasteiger partial charge in [0.1, 0.15) is 5.82 Å². The van der Waals surface area contributed by atoms with Gasteiger partial charge in [-0.25, -0.2) is 4.98 Å². The smallest absolute Gasteiger partial charge is 0.125 e. The third-order valence-electron chi connectivity index (χ3n) is 3.43. The van der Waals surface area contributed by atoms with Gasteiger partial charge in [-0.3, -0.25) is 4.90 Å². The molecule has 17 heavy (non-hydrogen) atoms. The summed E-state index contributed by atoms with van der Waals surface area (Å²) in [5.41, 5.74) is 1.27. The Balaban J connectivity index is 1.96. The van der Waals surface area contributed by atoms with E-state index < -0.39 is 0 Å². The van der Waals surface area contributed by atoms with Crippen molar-refractivity contribution in [3.8, 4) is 0 Å². The van der Waals surface area contributed by atoms with Crippen molar-refractivity contribution < 1.29 is 5.11 Å². The van der Waals surface area contributed by atoms with Crippen molar-refractivity contribution in [3.05, 3.63) is 23.9 Å². The number of anilines is 1. The topological polar surface area (TPSA) is 48.4 Å². The van der Waals surface area contributed by atoms with Gasteiger partial charge in [-0.2, -0.15) is 0 Å². The average molecular weight is 235 g/mol. The number of hydrogen-bond donors (Lipinski definition) is 2. The van der Waals surface area contributed by atoms with Crippen LogP contribution in [0.1, 0.15) is 18.9 Å². The standard InChI is InChI=1S/C13H21N3O/c1-10-8-16(6-4-12(10)17)9-11-3-5-15-13(7-11)14-2/h3,5,7,10,12,17H,4,6,8-9H2,1-2H3,(H,14,15). The summed E-state index contributed by atoms with van der Waals surface area (Å²) >= 11 is 0. The van der Waals surface area contributed by atoms with Crippen LogP contribution in [0.4, 0.5) is 5.82 Å². The molecule has 4 nitrogen and oxygen atoms in total. The van der Waals surface area contributed by atoms with Crippen molar-refractivity contribution in [1.82, 2.24) is 9.88 Å². The lowest BCUT2D eigenvalue weighted by Crippen LogP contribution is -2.41. The summed E-state index contributed by atoms with van der Waals surface area (Å²) in [4.78, 5) is 6.60. The number of pyridine rings is 1. The first kappa shape index (κ1) is 12.3. The maximum absolute atomic E-state index is 9.70. The van der Waals surface area contributed by atoms with Gasteiger partial charge in [-0.1, -0.05) is 6.92 Å². The number of rotatable bonds is 3. The number of hydrogen-bond acceptors (Lipinski definition) is 4. The lowest BCUT2D eigenvalue weighted by atomic mass is 9.96. The van der Waals surface area contributed by atoms with Gasteiger partial charge < -0.3 is 10.4 Å². The minimum absolute atomic E-state index is 0.128. The van der Waals surface area contributed by atoms with Crippen molar-refractivity contribution in [2.24, 2.45) is 5.92 Å². The van der Waals surface area contributed by atoms with Crippen LogP contribution in [-0.2, 0) is 6.54 Å². The second-order valence-corrected chi connectivity index (χ2v) is 4.87. The first-order valence-corrected chi connectivity index (χ1v) is 6.22. The molecule has 1 aliphatic heterocycles. The van der Waals surface area contributed by atoms with Crippen molar-refractivity contribution in [1.29, 1.82) is 0 Å². The molecule has 0 aromatic carbocycles. The van der Waals surface area contributed by atoms with Gasteiger partial charge in [0.25, 0.3) is 0 Å². The van der Waals surface area contributed by atoms with Crippen molar-refractivity contribution in [2.45, 2.75) is 26.0 Å². The van der Waals surface area contributed by atoms with E-state index in [1.54, 1.807) is 0 Å². The molecule has 94 valence electrons. The Kier molecular flexibility index (Phi) is 3.97. The summed E-state index contributed by atoms with van der Waals surface area (Å²) in [5, 5.41) is 12.7. The van der Waals surface area contributed by atoms with E-state index in [9.17, 15) is 5.11 Å². The zero-order chi connectivity index (χ0) is 12.3. The van der Waals surface area contributed by atoms with Crippen LogP contribution in [0.2, 0.25) is 0 Å².